The predicted molar refractivity (Wildman–Crippen MR) is 108 cm³/mol. The van der Waals surface area contributed by atoms with E-state index in [0.29, 0.717) is 22.2 Å². The average Bonchev–Trinajstić information content (AvgIpc) is 3.05. The number of benzene rings is 2. The summed E-state index contributed by atoms with van der Waals surface area (Å²) < 4.78 is 0. The Morgan fingerprint density at radius 1 is 0.926 bits per heavy atom. The van der Waals surface area contributed by atoms with Crippen LogP contribution >= 0.6 is 0 Å². The van der Waals surface area contributed by atoms with Crippen molar-refractivity contribution in [2.75, 3.05) is 42.4 Å². The SMILES string of the molecule is CNc1cc(NC)c(C(=O)Nc2c(C(=O)O)[nH]c3ccccc23)cc1NC. The van der Waals surface area contributed by atoms with Gasteiger partial charge in [-0.05, 0) is 18.2 Å². The lowest BCUT2D eigenvalue weighted by atomic mass is 10.1. The number of hydrogen-bond donors (Lipinski definition) is 6. The van der Waals surface area contributed by atoms with Gasteiger partial charge in [-0.1, -0.05) is 18.2 Å². The number of aromatic nitrogens is 1. The molecule has 0 bridgehead atoms. The molecular weight excluding hydrogens is 346 g/mol. The van der Waals surface area contributed by atoms with Crippen LogP contribution in [0.1, 0.15) is 20.8 Å². The summed E-state index contributed by atoms with van der Waals surface area (Å²) >= 11 is 0. The molecule has 1 amide bonds. The van der Waals surface area contributed by atoms with Gasteiger partial charge in [0.2, 0.25) is 0 Å². The van der Waals surface area contributed by atoms with Gasteiger partial charge >= 0.3 is 5.97 Å². The number of anilines is 4. The van der Waals surface area contributed by atoms with Crippen molar-refractivity contribution >= 4 is 45.5 Å². The molecule has 8 heteroatoms. The molecule has 27 heavy (non-hydrogen) atoms. The predicted octanol–water partition coefficient (Wildman–Crippen LogP) is 3.24. The fraction of sp³-hybridized carbons (Fsp3) is 0.158. The van der Waals surface area contributed by atoms with Gasteiger partial charge in [0.25, 0.3) is 5.91 Å². The zero-order valence-corrected chi connectivity index (χ0v) is 15.2. The molecular formula is C19H21N5O3. The summed E-state index contributed by atoms with van der Waals surface area (Å²) in [5.74, 6) is -1.55. The first-order valence-electron chi connectivity index (χ1n) is 8.36. The van der Waals surface area contributed by atoms with Crippen molar-refractivity contribution in [3.05, 3.63) is 47.7 Å². The first kappa shape index (κ1) is 18.1. The molecule has 0 radical (unpaired) electrons. The van der Waals surface area contributed by atoms with E-state index in [9.17, 15) is 14.7 Å². The van der Waals surface area contributed by atoms with Crippen molar-refractivity contribution in [1.29, 1.82) is 0 Å². The maximum absolute atomic E-state index is 13.0. The average molecular weight is 367 g/mol. The Balaban J connectivity index is 2.07. The van der Waals surface area contributed by atoms with Crippen LogP contribution in [-0.2, 0) is 0 Å². The van der Waals surface area contributed by atoms with E-state index in [1.807, 2.05) is 6.07 Å². The topological polar surface area (TPSA) is 118 Å². The molecule has 0 spiro atoms. The zero-order chi connectivity index (χ0) is 19.6. The van der Waals surface area contributed by atoms with Crippen LogP contribution in [0.2, 0.25) is 0 Å². The Bertz CT molecular complexity index is 1030. The molecule has 0 aliphatic rings. The summed E-state index contributed by atoms with van der Waals surface area (Å²) in [6, 6.07) is 10.6. The van der Waals surface area contributed by atoms with Crippen LogP contribution in [0.25, 0.3) is 10.9 Å². The Kier molecular flexibility index (Phi) is 4.89. The monoisotopic (exact) mass is 367 g/mol. The molecule has 1 aromatic heterocycles. The fourth-order valence-corrected chi connectivity index (χ4v) is 3.02. The van der Waals surface area contributed by atoms with Crippen molar-refractivity contribution in [2.24, 2.45) is 0 Å². The van der Waals surface area contributed by atoms with Crippen molar-refractivity contribution in [2.45, 2.75) is 0 Å². The summed E-state index contributed by atoms with van der Waals surface area (Å²) in [5.41, 5.74) is 3.41. The van der Waals surface area contributed by atoms with Gasteiger partial charge in [-0.2, -0.15) is 0 Å². The lowest BCUT2D eigenvalue weighted by Crippen LogP contribution is -2.16. The molecule has 1 heterocycles. The van der Waals surface area contributed by atoms with Gasteiger partial charge < -0.3 is 31.4 Å². The van der Waals surface area contributed by atoms with Crippen molar-refractivity contribution in [1.82, 2.24) is 4.98 Å². The molecule has 3 aromatic rings. The molecule has 0 saturated heterocycles. The number of para-hydroxylation sites is 1. The number of aromatic amines is 1. The molecule has 0 aliphatic carbocycles. The number of aromatic carboxylic acids is 1. The van der Waals surface area contributed by atoms with Gasteiger partial charge in [0.1, 0.15) is 5.69 Å². The minimum atomic E-state index is -1.14. The van der Waals surface area contributed by atoms with Crippen molar-refractivity contribution < 1.29 is 14.7 Å². The first-order valence-corrected chi connectivity index (χ1v) is 8.36. The number of carbonyl (C=O) groups is 2. The zero-order valence-electron chi connectivity index (χ0n) is 15.2. The molecule has 0 unspecified atom stereocenters. The standard InChI is InChI=1S/C19H21N5O3/c1-20-13-9-15(22-3)14(21-2)8-11(13)18(25)24-16-10-6-4-5-7-12(10)23-17(16)19(26)27/h4-9,20-23H,1-3H3,(H,24,25)(H,26,27). The molecule has 0 atom stereocenters. The Morgan fingerprint density at radius 2 is 1.56 bits per heavy atom. The summed E-state index contributed by atoms with van der Waals surface area (Å²) in [5, 5.41) is 22.0. The third kappa shape index (κ3) is 3.24. The molecule has 6 N–H and O–H groups in total. The van der Waals surface area contributed by atoms with Crippen LogP contribution in [0, 0.1) is 0 Å². The van der Waals surface area contributed by atoms with Gasteiger partial charge in [-0.25, -0.2) is 4.79 Å². The Labute approximate surface area is 156 Å². The molecule has 0 aliphatic heterocycles. The van der Waals surface area contributed by atoms with Gasteiger partial charge in [0.15, 0.2) is 0 Å². The normalized spacial score (nSPS) is 10.5. The van der Waals surface area contributed by atoms with Gasteiger partial charge in [0.05, 0.1) is 22.6 Å². The number of carboxylic acid groups (broad SMARTS) is 1. The van der Waals surface area contributed by atoms with Gasteiger partial charge in [-0.3, -0.25) is 4.79 Å². The third-order valence-corrected chi connectivity index (χ3v) is 4.37. The summed E-state index contributed by atoms with van der Waals surface area (Å²) in [4.78, 5) is 27.4. The number of hydrogen-bond acceptors (Lipinski definition) is 5. The lowest BCUT2D eigenvalue weighted by Gasteiger charge is -2.16. The number of rotatable bonds is 6. The minimum absolute atomic E-state index is 0.0590. The number of amides is 1. The molecule has 0 saturated carbocycles. The second kappa shape index (κ2) is 7.28. The molecule has 8 nitrogen and oxygen atoms in total. The maximum atomic E-state index is 13.0. The molecule has 2 aromatic carbocycles. The smallest absolute Gasteiger partial charge is 0.354 e. The largest absolute Gasteiger partial charge is 0.477 e. The summed E-state index contributed by atoms with van der Waals surface area (Å²) in [6.45, 7) is 0. The summed E-state index contributed by atoms with van der Waals surface area (Å²) in [6.07, 6.45) is 0. The first-order chi connectivity index (χ1) is 13.0. The van der Waals surface area contributed by atoms with Crippen LogP contribution in [0.15, 0.2) is 36.4 Å². The van der Waals surface area contributed by atoms with E-state index in [-0.39, 0.29) is 11.4 Å². The van der Waals surface area contributed by atoms with Crippen LogP contribution < -0.4 is 21.3 Å². The highest BCUT2D eigenvalue weighted by Crippen LogP contribution is 2.32. The van der Waals surface area contributed by atoms with Crippen LogP contribution in [0.3, 0.4) is 0 Å². The van der Waals surface area contributed by atoms with E-state index in [0.717, 1.165) is 11.4 Å². The quantitative estimate of drug-likeness (QED) is 0.398. The van der Waals surface area contributed by atoms with E-state index in [4.69, 9.17) is 0 Å². The fourth-order valence-electron chi connectivity index (χ4n) is 3.02. The van der Waals surface area contributed by atoms with Crippen LogP contribution in [-0.4, -0.2) is 43.1 Å². The van der Waals surface area contributed by atoms with Crippen LogP contribution in [0.4, 0.5) is 22.7 Å². The maximum Gasteiger partial charge on any atom is 0.354 e. The second-order valence-corrected chi connectivity index (χ2v) is 5.87. The number of fused-ring (bicyclic) bond motifs is 1. The molecule has 140 valence electrons. The summed E-state index contributed by atoms with van der Waals surface area (Å²) in [7, 11) is 5.28. The lowest BCUT2D eigenvalue weighted by molar-refractivity contribution is 0.0692. The number of carboxylic acids is 1. The van der Waals surface area contributed by atoms with Gasteiger partial charge in [0, 0.05) is 37.7 Å². The minimum Gasteiger partial charge on any atom is -0.477 e. The number of H-pyrrole nitrogens is 1. The highest BCUT2D eigenvalue weighted by Gasteiger charge is 2.21. The van der Waals surface area contributed by atoms with E-state index in [2.05, 4.69) is 26.3 Å². The van der Waals surface area contributed by atoms with Crippen molar-refractivity contribution in [3.8, 4) is 0 Å². The molecule has 3 rings (SSSR count). The molecule has 0 fully saturated rings. The van der Waals surface area contributed by atoms with Crippen molar-refractivity contribution in [3.63, 3.8) is 0 Å². The second-order valence-electron chi connectivity index (χ2n) is 5.87. The number of nitrogens with one attached hydrogen (secondary N) is 5. The highest BCUT2D eigenvalue weighted by atomic mass is 16.4. The van der Waals surface area contributed by atoms with Gasteiger partial charge in [-0.15, -0.1) is 0 Å². The highest BCUT2D eigenvalue weighted by molar-refractivity contribution is 6.16. The third-order valence-electron chi connectivity index (χ3n) is 4.37. The van der Waals surface area contributed by atoms with E-state index in [1.54, 1.807) is 51.5 Å². The van der Waals surface area contributed by atoms with E-state index in [1.165, 1.54) is 0 Å². The Morgan fingerprint density at radius 3 is 2.19 bits per heavy atom. The van der Waals surface area contributed by atoms with E-state index < -0.39 is 11.9 Å². The Hall–Kier alpha value is -3.68. The number of carbonyl (C=O) groups excluding carboxylic acids is 1. The van der Waals surface area contributed by atoms with Crippen LogP contribution in [0.5, 0.6) is 0 Å². The van der Waals surface area contributed by atoms with E-state index >= 15 is 0 Å².